The summed E-state index contributed by atoms with van der Waals surface area (Å²) in [6.07, 6.45) is 0.649. The quantitative estimate of drug-likeness (QED) is 0.409. The molecule has 0 aliphatic carbocycles. The van der Waals surface area contributed by atoms with Gasteiger partial charge in [0.05, 0.1) is 6.10 Å². The maximum Gasteiger partial charge on any atom is 0.246 e. The number of amides is 2. The Bertz CT molecular complexity index is 159. The summed E-state index contributed by atoms with van der Waals surface area (Å²) in [5, 5.41) is 5.02. The number of ether oxygens (including phenoxy) is 1. The third-order valence-electron chi connectivity index (χ3n) is 1.22. The molecule has 2 N–H and O–H groups in total. The highest BCUT2D eigenvalue weighted by atomic mass is 16.5. The van der Waals surface area contributed by atoms with Gasteiger partial charge in [0.25, 0.3) is 0 Å². The predicted octanol–water partition coefficient (Wildman–Crippen LogP) is -0.726. The van der Waals surface area contributed by atoms with Crippen molar-refractivity contribution >= 4 is 12.3 Å². The van der Waals surface area contributed by atoms with Crippen molar-refractivity contribution in [3.63, 3.8) is 0 Å². The van der Waals surface area contributed by atoms with Crippen LogP contribution in [0.3, 0.4) is 0 Å². The van der Waals surface area contributed by atoms with Crippen molar-refractivity contribution in [2.75, 3.05) is 19.7 Å². The molecule has 0 rings (SSSR count). The molecule has 2 amide bonds. The minimum absolute atomic E-state index is 0.0545. The zero-order valence-corrected chi connectivity index (χ0v) is 8.00. The Balaban J connectivity index is 3.25. The second kappa shape index (κ2) is 7.54. The molecule has 0 saturated carbocycles. The van der Waals surface area contributed by atoms with E-state index in [2.05, 4.69) is 10.6 Å². The van der Waals surface area contributed by atoms with E-state index in [4.69, 9.17) is 4.74 Å². The van der Waals surface area contributed by atoms with Gasteiger partial charge in [-0.1, -0.05) is 0 Å². The first kappa shape index (κ1) is 11.9. The lowest BCUT2D eigenvalue weighted by atomic mass is 10.5. The average Bonchev–Trinajstić information content (AvgIpc) is 2.09. The third-order valence-corrected chi connectivity index (χ3v) is 1.22. The SMILES string of the molecule is CC(C)OCC(=O)NCCNC=O. The molecule has 0 unspecified atom stereocenters. The van der Waals surface area contributed by atoms with E-state index in [0.717, 1.165) is 0 Å². The molecule has 76 valence electrons. The van der Waals surface area contributed by atoms with Crippen molar-refractivity contribution < 1.29 is 14.3 Å². The van der Waals surface area contributed by atoms with Crippen LogP contribution >= 0.6 is 0 Å². The van der Waals surface area contributed by atoms with Crippen LogP contribution in [0.25, 0.3) is 0 Å². The van der Waals surface area contributed by atoms with E-state index in [1.165, 1.54) is 0 Å². The third kappa shape index (κ3) is 8.81. The summed E-state index contributed by atoms with van der Waals surface area (Å²) in [5.41, 5.74) is 0. The Morgan fingerprint density at radius 3 is 2.69 bits per heavy atom. The highest BCUT2D eigenvalue weighted by molar-refractivity contribution is 5.77. The second-order valence-corrected chi connectivity index (χ2v) is 2.78. The maximum absolute atomic E-state index is 11.0. The summed E-state index contributed by atoms with van der Waals surface area (Å²) in [6.45, 7) is 4.66. The van der Waals surface area contributed by atoms with Crippen molar-refractivity contribution in [3.8, 4) is 0 Å². The van der Waals surface area contributed by atoms with Crippen LogP contribution in [0.5, 0.6) is 0 Å². The van der Waals surface area contributed by atoms with Gasteiger partial charge in [-0.3, -0.25) is 9.59 Å². The molecule has 0 bridgehead atoms. The van der Waals surface area contributed by atoms with E-state index in [-0.39, 0.29) is 18.6 Å². The van der Waals surface area contributed by atoms with E-state index in [0.29, 0.717) is 19.5 Å². The molecule has 0 aromatic carbocycles. The van der Waals surface area contributed by atoms with E-state index >= 15 is 0 Å². The Morgan fingerprint density at radius 2 is 2.15 bits per heavy atom. The van der Waals surface area contributed by atoms with Crippen LogP contribution in [0.1, 0.15) is 13.8 Å². The highest BCUT2D eigenvalue weighted by Crippen LogP contribution is 1.85. The Morgan fingerprint density at radius 1 is 1.46 bits per heavy atom. The maximum atomic E-state index is 11.0. The normalized spacial score (nSPS) is 9.77. The van der Waals surface area contributed by atoms with Gasteiger partial charge in [0.15, 0.2) is 0 Å². The molecule has 0 spiro atoms. The van der Waals surface area contributed by atoms with Gasteiger partial charge in [-0.15, -0.1) is 0 Å². The lowest BCUT2D eigenvalue weighted by Gasteiger charge is -2.07. The molecule has 13 heavy (non-hydrogen) atoms. The molecule has 0 aliphatic rings. The first-order valence-electron chi connectivity index (χ1n) is 4.22. The summed E-state index contributed by atoms with van der Waals surface area (Å²) < 4.78 is 5.06. The van der Waals surface area contributed by atoms with Crippen molar-refractivity contribution in [3.05, 3.63) is 0 Å². The summed E-state index contributed by atoms with van der Waals surface area (Å²) in [4.78, 5) is 20.8. The lowest BCUT2D eigenvalue weighted by Crippen LogP contribution is -2.34. The van der Waals surface area contributed by atoms with E-state index in [1.54, 1.807) is 0 Å². The van der Waals surface area contributed by atoms with Gasteiger partial charge in [-0.2, -0.15) is 0 Å². The van der Waals surface area contributed by atoms with Crippen molar-refractivity contribution in [2.45, 2.75) is 20.0 Å². The fourth-order valence-electron chi connectivity index (χ4n) is 0.626. The van der Waals surface area contributed by atoms with Gasteiger partial charge in [0.1, 0.15) is 6.61 Å². The smallest absolute Gasteiger partial charge is 0.246 e. The molecular formula is C8H16N2O3. The zero-order valence-electron chi connectivity index (χ0n) is 8.00. The highest BCUT2D eigenvalue weighted by Gasteiger charge is 2.01. The molecule has 5 nitrogen and oxygen atoms in total. The van der Waals surface area contributed by atoms with Crippen LogP contribution in [0.2, 0.25) is 0 Å². The molecule has 0 atom stereocenters. The van der Waals surface area contributed by atoms with Gasteiger partial charge in [-0.05, 0) is 13.8 Å². The Labute approximate surface area is 77.8 Å². The van der Waals surface area contributed by atoms with Crippen LogP contribution in [-0.2, 0) is 14.3 Å². The minimum atomic E-state index is -0.165. The number of carbonyl (C=O) groups excluding carboxylic acids is 2. The van der Waals surface area contributed by atoms with E-state index < -0.39 is 0 Å². The number of hydrogen-bond donors (Lipinski definition) is 2. The van der Waals surface area contributed by atoms with Crippen molar-refractivity contribution in [1.29, 1.82) is 0 Å². The second-order valence-electron chi connectivity index (χ2n) is 2.78. The van der Waals surface area contributed by atoms with Crippen LogP contribution < -0.4 is 10.6 Å². The van der Waals surface area contributed by atoms with Gasteiger partial charge in [-0.25, -0.2) is 0 Å². The summed E-state index contributed by atoms with van der Waals surface area (Å²) >= 11 is 0. The molecular weight excluding hydrogens is 172 g/mol. The van der Waals surface area contributed by atoms with Crippen molar-refractivity contribution in [2.24, 2.45) is 0 Å². The largest absolute Gasteiger partial charge is 0.369 e. The average molecular weight is 188 g/mol. The van der Waals surface area contributed by atoms with Crippen LogP contribution in [0, 0.1) is 0 Å². The van der Waals surface area contributed by atoms with Crippen molar-refractivity contribution in [1.82, 2.24) is 10.6 Å². The van der Waals surface area contributed by atoms with Gasteiger partial charge < -0.3 is 15.4 Å². The molecule has 0 fully saturated rings. The molecule has 0 heterocycles. The summed E-state index contributed by atoms with van der Waals surface area (Å²) in [6, 6.07) is 0. The van der Waals surface area contributed by atoms with E-state index in [1.807, 2.05) is 13.8 Å². The minimum Gasteiger partial charge on any atom is -0.369 e. The van der Waals surface area contributed by atoms with Gasteiger partial charge in [0, 0.05) is 13.1 Å². The molecule has 0 saturated heterocycles. The predicted molar refractivity (Wildman–Crippen MR) is 48.2 cm³/mol. The lowest BCUT2D eigenvalue weighted by molar-refractivity contribution is -0.127. The van der Waals surface area contributed by atoms with Crippen LogP contribution in [0.15, 0.2) is 0 Å². The fraction of sp³-hybridized carbons (Fsp3) is 0.750. The van der Waals surface area contributed by atoms with E-state index in [9.17, 15) is 9.59 Å². The van der Waals surface area contributed by atoms with Gasteiger partial charge >= 0.3 is 0 Å². The molecule has 0 aliphatic heterocycles. The molecule has 0 aromatic rings. The number of carbonyl (C=O) groups is 2. The zero-order chi connectivity index (χ0) is 10.1. The molecule has 0 aromatic heterocycles. The Hall–Kier alpha value is -1.10. The van der Waals surface area contributed by atoms with Crippen LogP contribution in [0.4, 0.5) is 0 Å². The molecule has 0 radical (unpaired) electrons. The van der Waals surface area contributed by atoms with Gasteiger partial charge in [0.2, 0.25) is 12.3 Å². The standard InChI is InChI=1S/C8H16N2O3/c1-7(2)13-5-8(12)10-4-3-9-6-11/h6-7H,3-5H2,1-2H3,(H,9,11)(H,10,12). The first-order valence-corrected chi connectivity index (χ1v) is 4.22. The fourth-order valence-corrected chi connectivity index (χ4v) is 0.626. The van der Waals surface area contributed by atoms with Crippen LogP contribution in [-0.4, -0.2) is 38.1 Å². The first-order chi connectivity index (χ1) is 6.16. The number of nitrogens with one attached hydrogen (secondary N) is 2. The molecule has 5 heteroatoms. The Kier molecular flexibility index (Phi) is 6.91. The summed E-state index contributed by atoms with van der Waals surface area (Å²) in [5.74, 6) is -0.165. The monoisotopic (exact) mass is 188 g/mol. The number of rotatable bonds is 7. The summed E-state index contributed by atoms with van der Waals surface area (Å²) in [7, 11) is 0. The number of hydrogen-bond acceptors (Lipinski definition) is 3. The topological polar surface area (TPSA) is 67.4 Å².